The molecule has 494 valence electrons. The molecule has 0 fully saturated rings. The molecule has 0 aromatic heterocycles. The molecule has 85 heavy (non-hydrogen) atoms. The van der Waals surface area contributed by atoms with E-state index >= 15 is 0 Å². The predicted molar refractivity (Wildman–Crippen MR) is 339 cm³/mol. The van der Waals surface area contributed by atoms with Crippen LogP contribution in [-0.2, 0) is 43.2 Å². The molecule has 0 bridgehead atoms. The number of amides is 8. The summed E-state index contributed by atoms with van der Waals surface area (Å²) >= 11 is 1.01. The molecule has 7 atom stereocenters. The van der Waals surface area contributed by atoms with Crippen molar-refractivity contribution in [2.24, 2.45) is 28.7 Å². The van der Waals surface area contributed by atoms with Crippen molar-refractivity contribution in [3.05, 3.63) is 0 Å². The lowest BCUT2D eigenvalue weighted by Gasteiger charge is -2.27. The Kier molecular flexibility index (Phi) is 51.8. The summed E-state index contributed by atoms with van der Waals surface area (Å²) in [5, 5.41) is 39.2. The summed E-state index contributed by atoms with van der Waals surface area (Å²) < 4.78 is 0. The summed E-state index contributed by atoms with van der Waals surface area (Å²) in [6, 6.07) is -8.91. The zero-order chi connectivity index (χ0) is 63.3. The summed E-state index contributed by atoms with van der Waals surface area (Å²) in [6.45, 7) is 4.74. The van der Waals surface area contributed by atoms with Crippen LogP contribution in [0.5, 0.6) is 0 Å². The van der Waals surface area contributed by atoms with Gasteiger partial charge in [0.05, 0.1) is 6.61 Å². The molecule has 0 aliphatic heterocycles. The Labute approximate surface area is 513 Å². The standard InChI is InChI=1S/C61H118N12O11S/c1-3-5-7-9-11-13-15-17-19-21-23-37-53(75)67-51(44-85-45-52(61(83)84)68-54(76)38-24-22-20-18-16-14-12-10-8-6-4-2)60(82)73-50(43-74)59(81)72-49(36-28-32-42-65)58(80)71-48(35-27-31-41-64)57(79)70-47(34-26-30-40-63)56(78)69-46(55(66)77)33-25-29-39-62/h46-52,74H,3-45,62-65H2,1-2H3,(H2,66,77)(H,67,75)(H,68,76)(H,69,78)(H,70,79)(H,71,80)(H,72,81)(H,73,82)(H,83,84)/t46-,47-,48-,49-,50-,51+,52+/m0/s1. The van der Waals surface area contributed by atoms with Crippen LogP contribution in [0, 0.1) is 0 Å². The molecule has 0 aromatic carbocycles. The minimum atomic E-state index is -1.63. The molecule has 24 heteroatoms. The number of carbonyl (C=O) groups excluding carboxylic acids is 8. The van der Waals surface area contributed by atoms with Gasteiger partial charge < -0.3 is 76.1 Å². The maximum absolute atomic E-state index is 14.2. The number of carbonyl (C=O) groups is 9. The van der Waals surface area contributed by atoms with E-state index in [0.717, 1.165) is 63.1 Å². The molecular formula is C61H118N12O11S. The van der Waals surface area contributed by atoms with Gasteiger partial charge >= 0.3 is 5.97 Å². The third-order valence-electron chi connectivity index (χ3n) is 15.0. The van der Waals surface area contributed by atoms with E-state index in [1.807, 2.05) is 0 Å². The van der Waals surface area contributed by atoms with Crippen LogP contribution in [0.1, 0.15) is 245 Å². The summed E-state index contributed by atoms with van der Waals surface area (Å²) in [6.07, 6.45) is 28.7. The maximum atomic E-state index is 14.2. The molecule has 0 unspecified atom stereocenters. The highest BCUT2D eigenvalue weighted by atomic mass is 32.2. The van der Waals surface area contributed by atoms with Crippen molar-refractivity contribution in [1.29, 1.82) is 0 Å². The average molecular weight is 1230 g/mol. The smallest absolute Gasteiger partial charge is 0.327 e. The normalized spacial score (nSPS) is 13.7. The number of aliphatic hydroxyl groups is 1. The van der Waals surface area contributed by atoms with Crippen molar-refractivity contribution in [2.45, 2.75) is 287 Å². The number of hydrogen-bond acceptors (Lipinski definition) is 15. The van der Waals surface area contributed by atoms with Crippen molar-refractivity contribution >= 4 is 65.0 Å². The van der Waals surface area contributed by atoms with E-state index in [2.05, 4.69) is 51.1 Å². The number of hydrogen-bond donors (Lipinski definition) is 14. The van der Waals surface area contributed by atoms with E-state index in [-0.39, 0.29) is 56.6 Å². The number of rotatable bonds is 59. The largest absolute Gasteiger partial charge is 0.480 e. The molecule has 0 rings (SSSR count). The molecule has 0 saturated carbocycles. The highest BCUT2D eigenvalue weighted by Crippen LogP contribution is 2.16. The third kappa shape index (κ3) is 42.8. The van der Waals surface area contributed by atoms with Crippen molar-refractivity contribution in [1.82, 2.24) is 37.2 Å². The molecule has 0 radical (unpaired) electrons. The third-order valence-corrected chi connectivity index (χ3v) is 16.2. The maximum Gasteiger partial charge on any atom is 0.327 e. The number of aliphatic carboxylic acids is 1. The van der Waals surface area contributed by atoms with Crippen molar-refractivity contribution in [3.63, 3.8) is 0 Å². The Balaban J connectivity index is 6.29. The highest BCUT2D eigenvalue weighted by molar-refractivity contribution is 7.99. The minimum absolute atomic E-state index is 0.0375. The van der Waals surface area contributed by atoms with E-state index in [9.17, 15) is 53.4 Å². The molecular weight excluding hydrogens is 1110 g/mol. The van der Waals surface area contributed by atoms with Gasteiger partial charge in [-0.05, 0) is 116 Å². The second-order valence-electron chi connectivity index (χ2n) is 22.7. The molecule has 0 aliphatic rings. The van der Waals surface area contributed by atoms with Crippen LogP contribution >= 0.6 is 11.8 Å². The molecule has 0 aliphatic carbocycles. The Morgan fingerprint density at radius 1 is 0.341 bits per heavy atom. The van der Waals surface area contributed by atoms with Gasteiger partial charge in [0.15, 0.2) is 0 Å². The fourth-order valence-electron chi connectivity index (χ4n) is 9.71. The van der Waals surface area contributed by atoms with E-state index in [0.29, 0.717) is 83.8 Å². The van der Waals surface area contributed by atoms with Gasteiger partial charge in [-0.15, -0.1) is 0 Å². The second-order valence-corrected chi connectivity index (χ2v) is 23.8. The Morgan fingerprint density at radius 2 is 0.612 bits per heavy atom. The van der Waals surface area contributed by atoms with Crippen LogP contribution in [0.3, 0.4) is 0 Å². The van der Waals surface area contributed by atoms with Gasteiger partial charge in [0.1, 0.15) is 42.3 Å². The van der Waals surface area contributed by atoms with Gasteiger partial charge in [-0.25, -0.2) is 4.79 Å². The van der Waals surface area contributed by atoms with Crippen LogP contribution in [0.4, 0.5) is 0 Å². The highest BCUT2D eigenvalue weighted by Gasteiger charge is 2.33. The van der Waals surface area contributed by atoms with Crippen LogP contribution in [0.25, 0.3) is 0 Å². The molecule has 0 heterocycles. The van der Waals surface area contributed by atoms with E-state index in [4.69, 9.17) is 28.7 Å². The number of nitrogens with one attached hydrogen (secondary N) is 7. The first-order chi connectivity index (χ1) is 41.0. The quantitative estimate of drug-likeness (QED) is 0.0370. The van der Waals surface area contributed by atoms with Gasteiger partial charge in [-0.2, -0.15) is 11.8 Å². The number of carboxylic acids is 1. The van der Waals surface area contributed by atoms with E-state index in [1.54, 1.807) is 0 Å². The fourth-order valence-corrected chi connectivity index (χ4v) is 10.8. The topological polar surface area (TPSA) is 408 Å². The van der Waals surface area contributed by atoms with Gasteiger partial charge in [0.25, 0.3) is 0 Å². The summed E-state index contributed by atoms with van der Waals surface area (Å²) in [5.41, 5.74) is 28.5. The average Bonchev–Trinajstić information content (AvgIpc) is 3.66. The van der Waals surface area contributed by atoms with Crippen molar-refractivity contribution < 1.29 is 53.4 Å². The van der Waals surface area contributed by atoms with Crippen molar-refractivity contribution in [3.8, 4) is 0 Å². The van der Waals surface area contributed by atoms with Gasteiger partial charge in [-0.1, -0.05) is 142 Å². The number of carboxylic acid groups (broad SMARTS) is 1. The first-order valence-electron chi connectivity index (χ1n) is 32.6. The number of aliphatic hydroxyl groups excluding tert-OH is 1. The SMILES string of the molecule is CCCCCCCCCCCCCC(=O)N[C@H](CSC[C@@H](NC(=O)CCCCCCCCCCCCC)C(=O)N[C@@H](CO)C(=O)N[C@@H](CCCCN)C(=O)N[C@@H](CCCCN)C(=O)N[C@@H](CCCCN)C(=O)N[C@@H](CCCCN)C(N)=O)C(=O)O. The second kappa shape index (κ2) is 54.7. The zero-order valence-electron chi connectivity index (χ0n) is 52.3. The molecule has 19 N–H and O–H groups in total. The van der Waals surface area contributed by atoms with Crippen LogP contribution in [0.2, 0.25) is 0 Å². The molecule has 8 amide bonds. The number of primary amides is 1. The summed E-state index contributed by atoms with van der Waals surface area (Å²) in [4.78, 5) is 121. The van der Waals surface area contributed by atoms with Crippen LogP contribution < -0.4 is 65.9 Å². The first-order valence-corrected chi connectivity index (χ1v) is 33.8. The van der Waals surface area contributed by atoms with Gasteiger partial charge in [-0.3, -0.25) is 38.4 Å². The van der Waals surface area contributed by atoms with Crippen molar-refractivity contribution in [2.75, 3.05) is 44.3 Å². The lowest BCUT2D eigenvalue weighted by Crippen LogP contribution is -2.60. The van der Waals surface area contributed by atoms with Gasteiger partial charge in [0, 0.05) is 24.3 Å². The summed E-state index contributed by atoms with van der Waals surface area (Å²) in [5.74, 6) is -7.09. The van der Waals surface area contributed by atoms with Gasteiger partial charge in [0.2, 0.25) is 47.3 Å². The molecule has 0 spiro atoms. The Morgan fingerprint density at radius 3 is 0.929 bits per heavy atom. The predicted octanol–water partition coefficient (Wildman–Crippen LogP) is 4.59. The number of thioether (sulfide) groups is 1. The Bertz CT molecular complexity index is 1820. The zero-order valence-corrected chi connectivity index (χ0v) is 53.1. The van der Waals surface area contributed by atoms with E-state index < -0.39 is 102 Å². The van der Waals surface area contributed by atoms with E-state index in [1.165, 1.54) is 77.0 Å². The minimum Gasteiger partial charge on any atom is -0.480 e. The Hall–Kier alpha value is -4.62. The molecule has 23 nitrogen and oxygen atoms in total. The lowest BCUT2D eigenvalue weighted by atomic mass is 10.0. The molecule has 0 saturated heterocycles. The number of unbranched alkanes of at least 4 members (excludes halogenated alkanes) is 24. The first kappa shape index (κ1) is 80.4. The lowest BCUT2D eigenvalue weighted by molar-refractivity contribution is -0.141. The summed E-state index contributed by atoms with van der Waals surface area (Å²) in [7, 11) is 0. The molecule has 0 aromatic rings. The van der Waals surface area contributed by atoms with Crippen LogP contribution in [0.15, 0.2) is 0 Å². The van der Waals surface area contributed by atoms with Crippen LogP contribution in [-0.4, -0.2) is 150 Å². The fraction of sp³-hybridized carbons (Fsp3) is 0.852. The monoisotopic (exact) mass is 1230 g/mol. The number of nitrogens with two attached hydrogens (primary N) is 5.